The Bertz CT molecular complexity index is 66.9. The average molecular weight is 130 g/mol. The summed E-state index contributed by atoms with van der Waals surface area (Å²) in [5.41, 5.74) is 0. The molecule has 0 aromatic carbocycles. The fourth-order valence-corrected chi connectivity index (χ4v) is 3.10. The molecule has 2 heteroatoms. The van der Waals surface area contributed by atoms with Crippen molar-refractivity contribution in [3.63, 3.8) is 0 Å². The summed E-state index contributed by atoms with van der Waals surface area (Å²) in [6, 6.07) is 1.39. The van der Waals surface area contributed by atoms with Gasteiger partial charge in [0.15, 0.2) is 9.04 Å². The van der Waals surface area contributed by atoms with Crippen LogP contribution in [0.3, 0.4) is 0 Å². The molecule has 0 N–H and O–H groups in total. The molecule has 1 aliphatic rings. The van der Waals surface area contributed by atoms with Crippen LogP contribution in [0.1, 0.15) is 19.8 Å². The summed E-state index contributed by atoms with van der Waals surface area (Å²) in [4.78, 5) is 0. The normalized spacial score (nSPS) is 39.8. The Labute approximate surface area is 52.8 Å². The van der Waals surface area contributed by atoms with Crippen molar-refractivity contribution >= 4 is 9.04 Å². The van der Waals surface area contributed by atoms with Crippen molar-refractivity contribution in [1.29, 1.82) is 0 Å². The second-order valence-electron chi connectivity index (χ2n) is 2.69. The van der Waals surface area contributed by atoms with Crippen LogP contribution >= 0.6 is 0 Å². The maximum atomic E-state index is 5.62. The van der Waals surface area contributed by atoms with Gasteiger partial charge in [0.1, 0.15) is 0 Å². The molecule has 0 aromatic heterocycles. The maximum absolute atomic E-state index is 5.62. The van der Waals surface area contributed by atoms with Crippen LogP contribution in [0.25, 0.3) is 0 Å². The van der Waals surface area contributed by atoms with Gasteiger partial charge in [-0.3, -0.25) is 0 Å². The van der Waals surface area contributed by atoms with Crippen molar-refractivity contribution in [1.82, 2.24) is 0 Å². The minimum atomic E-state index is -0.652. The van der Waals surface area contributed by atoms with Crippen molar-refractivity contribution < 1.29 is 4.43 Å². The molecule has 1 rings (SSSR count). The molecule has 0 amide bonds. The third kappa shape index (κ3) is 1.60. The van der Waals surface area contributed by atoms with Crippen LogP contribution in [0.5, 0.6) is 0 Å². The predicted octanol–water partition coefficient (Wildman–Crippen LogP) is 1.54. The van der Waals surface area contributed by atoms with E-state index in [2.05, 4.69) is 13.5 Å². The van der Waals surface area contributed by atoms with Gasteiger partial charge in [-0.2, -0.15) is 0 Å². The number of hydrogen-bond acceptors (Lipinski definition) is 1. The molecule has 1 heterocycles. The van der Waals surface area contributed by atoms with E-state index in [-0.39, 0.29) is 0 Å². The lowest BCUT2D eigenvalue weighted by Crippen LogP contribution is -2.25. The molecular weight excluding hydrogens is 116 g/mol. The van der Waals surface area contributed by atoms with Crippen LogP contribution < -0.4 is 0 Å². The van der Waals surface area contributed by atoms with Gasteiger partial charge in [0.2, 0.25) is 0 Å². The zero-order chi connectivity index (χ0) is 5.98. The Morgan fingerprint density at radius 3 is 2.75 bits per heavy atom. The molecule has 1 nitrogen and oxygen atoms in total. The zero-order valence-electron chi connectivity index (χ0n) is 5.68. The Morgan fingerprint density at radius 2 is 2.38 bits per heavy atom. The predicted molar refractivity (Wildman–Crippen MR) is 37.6 cm³/mol. The van der Waals surface area contributed by atoms with Crippen LogP contribution in [0, 0.1) is 0 Å². The van der Waals surface area contributed by atoms with Crippen molar-refractivity contribution in [2.75, 3.05) is 0 Å². The smallest absolute Gasteiger partial charge is 0.174 e. The fraction of sp³-hybridized carbons (Fsp3) is 1.00. The topological polar surface area (TPSA) is 9.23 Å². The minimum Gasteiger partial charge on any atom is -0.418 e. The molecule has 0 bridgehead atoms. The number of hydrogen-bond donors (Lipinski definition) is 0. The van der Waals surface area contributed by atoms with Crippen molar-refractivity contribution in [3.05, 3.63) is 0 Å². The number of rotatable bonds is 0. The van der Waals surface area contributed by atoms with Gasteiger partial charge in [-0.1, -0.05) is 6.42 Å². The Balaban J connectivity index is 2.23. The molecule has 1 fully saturated rings. The summed E-state index contributed by atoms with van der Waals surface area (Å²) >= 11 is 0. The summed E-state index contributed by atoms with van der Waals surface area (Å²) in [5.74, 6) is 0. The first kappa shape index (κ1) is 6.30. The molecular formula is C6H14OSi. The highest BCUT2D eigenvalue weighted by molar-refractivity contribution is 6.50. The summed E-state index contributed by atoms with van der Waals surface area (Å²) in [6.07, 6.45) is 3.27. The van der Waals surface area contributed by atoms with Crippen LogP contribution in [0.15, 0.2) is 0 Å². The van der Waals surface area contributed by atoms with Crippen molar-refractivity contribution in [2.45, 2.75) is 38.5 Å². The monoisotopic (exact) mass is 130 g/mol. The van der Waals surface area contributed by atoms with Crippen LogP contribution in [0.2, 0.25) is 12.6 Å². The molecule has 0 aromatic rings. The molecule has 1 aliphatic heterocycles. The Morgan fingerprint density at radius 1 is 1.62 bits per heavy atom. The third-order valence-electron chi connectivity index (χ3n) is 1.69. The zero-order valence-corrected chi connectivity index (χ0v) is 6.84. The van der Waals surface area contributed by atoms with E-state index >= 15 is 0 Å². The molecule has 0 radical (unpaired) electrons. The first-order chi connectivity index (χ1) is 3.79. The van der Waals surface area contributed by atoms with E-state index in [4.69, 9.17) is 4.43 Å². The van der Waals surface area contributed by atoms with E-state index < -0.39 is 9.04 Å². The Hall–Kier alpha value is 0.177. The third-order valence-corrected chi connectivity index (χ3v) is 3.84. The molecule has 0 spiro atoms. The van der Waals surface area contributed by atoms with Gasteiger partial charge in [0.05, 0.1) is 0 Å². The van der Waals surface area contributed by atoms with E-state index in [1.54, 1.807) is 0 Å². The highest BCUT2D eigenvalue weighted by atomic mass is 28.3. The van der Waals surface area contributed by atoms with E-state index in [1.165, 1.54) is 18.9 Å². The highest BCUT2D eigenvalue weighted by Gasteiger charge is 2.15. The van der Waals surface area contributed by atoms with Crippen molar-refractivity contribution in [2.24, 2.45) is 0 Å². The first-order valence-corrected chi connectivity index (χ1v) is 5.89. The second-order valence-corrected chi connectivity index (χ2v) is 5.16. The van der Waals surface area contributed by atoms with E-state index in [1.807, 2.05) is 0 Å². The van der Waals surface area contributed by atoms with Gasteiger partial charge in [-0.15, -0.1) is 0 Å². The molecule has 2 atom stereocenters. The van der Waals surface area contributed by atoms with Crippen LogP contribution in [0.4, 0.5) is 0 Å². The summed E-state index contributed by atoms with van der Waals surface area (Å²) in [6.45, 7) is 4.47. The van der Waals surface area contributed by atoms with Gasteiger partial charge < -0.3 is 4.43 Å². The average Bonchev–Trinajstić information content (AvgIpc) is 1.64. The molecule has 48 valence electrons. The Kier molecular flexibility index (Phi) is 2.08. The molecule has 8 heavy (non-hydrogen) atoms. The minimum absolute atomic E-state index is 0.574. The second kappa shape index (κ2) is 2.64. The van der Waals surface area contributed by atoms with Gasteiger partial charge in [-0.05, 0) is 25.9 Å². The van der Waals surface area contributed by atoms with E-state index in [0.717, 1.165) is 0 Å². The SMILES string of the molecule is CC1CCC[SiH](C)O1. The summed E-state index contributed by atoms with van der Waals surface area (Å²) < 4.78 is 5.62. The van der Waals surface area contributed by atoms with Crippen LogP contribution in [-0.4, -0.2) is 15.1 Å². The van der Waals surface area contributed by atoms with Gasteiger partial charge in [0, 0.05) is 6.10 Å². The molecule has 2 unspecified atom stereocenters. The largest absolute Gasteiger partial charge is 0.418 e. The molecule has 0 saturated carbocycles. The summed E-state index contributed by atoms with van der Waals surface area (Å²) in [5, 5.41) is 0. The van der Waals surface area contributed by atoms with Crippen molar-refractivity contribution in [3.8, 4) is 0 Å². The lowest BCUT2D eigenvalue weighted by molar-refractivity contribution is 0.192. The maximum Gasteiger partial charge on any atom is 0.174 e. The van der Waals surface area contributed by atoms with E-state index in [0.29, 0.717) is 6.10 Å². The molecule has 0 aliphatic carbocycles. The quantitative estimate of drug-likeness (QED) is 0.452. The van der Waals surface area contributed by atoms with Gasteiger partial charge >= 0.3 is 0 Å². The fourth-order valence-electron chi connectivity index (χ4n) is 1.23. The van der Waals surface area contributed by atoms with E-state index in [9.17, 15) is 0 Å². The van der Waals surface area contributed by atoms with Gasteiger partial charge in [0.25, 0.3) is 0 Å². The lowest BCUT2D eigenvalue weighted by atomic mass is 10.2. The first-order valence-electron chi connectivity index (χ1n) is 3.44. The summed E-state index contributed by atoms with van der Waals surface area (Å²) in [7, 11) is -0.652. The standard InChI is InChI=1S/C6H14OSi/c1-6-4-3-5-8(2)7-6/h6,8H,3-5H2,1-2H3. The van der Waals surface area contributed by atoms with Crippen LogP contribution in [-0.2, 0) is 4.43 Å². The molecule has 1 saturated heterocycles. The highest BCUT2D eigenvalue weighted by Crippen LogP contribution is 2.15. The van der Waals surface area contributed by atoms with Gasteiger partial charge in [-0.25, -0.2) is 0 Å². The lowest BCUT2D eigenvalue weighted by Gasteiger charge is -2.23.